The third-order valence-corrected chi connectivity index (χ3v) is 5.18. The normalized spacial score (nSPS) is 16.0. The summed E-state index contributed by atoms with van der Waals surface area (Å²) in [4.78, 5) is 27.5. The molecular formula is C22H20N2O2. The van der Waals surface area contributed by atoms with Gasteiger partial charge >= 0.3 is 0 Å². The number of anilines is 1. The Balaban J connectivity index is 2.02. The molecule has 4 nitrogen and oxygen atoms in total. The van der Waals surface area contributed by atoms with Crippen molar-refractivity contribution < 1.29 is 9.59 Å². The second-order valence-corrected chi connectivity index (χ2v) is 6.66. The number of ketones is 1. The van der Waals surface area contributed by atoms with E-state index < -0.39 is 0 Å². The molecule has 2 heterocycles. The van der Waals surface area contributed by atoms with Gasteiger partial charge in [-0.1, -0.05) is 48.5 Å². The molecule has 1 unspecified atom stereocenters. The van der Waals surface area contributed by atoms with Gasteiger partial charge < -0.3 is 4.57 Å². The van der Waals surface area contributed by atoms with E-state index in [0.29, 0.717) is 11.1 Å². The van der Waals surface area contributed by atoms with E-state index in [1.807, 2.05) is 79.2 Å². The molecule has 4 rings (SSSR count). The Morgan fingerprint density at radius 2 is 1.54 bits per heavy atom. The lowest BCUT2D eigenvalue weighted by molar-refractivity contribution is 0.0970. The van der Waals surface area contributed by atoms with Crippen LogP contribution in [0.4, 0.5) is 5.69 Å². The minimum Gasteiger partial charge on any atom is -0.348 e. The first kappa shape index (κ1) is 16.3. The maximum Gasteiger partial charge on any atom is 0.261 e. The van der Waals surface area contributed by atoms with Crippen LogP contribution in [0, 0.1) is 6.92 Å². The van der Waals surface area contributed by atoms with Crippen molar-refractivity contribution in [3.05, 3.63) is 88.7 Å². The molecule has 0 spiro atoms. The smallest absolute Gasteiger partial charge is 0.261 e. The summed E-state index contributed by atoms with van der Waals surface area (Å²) in [5, 5.41) is 0. The molecule has 130 valence electrons. The van der Waals surface area contributed by atoms with Gasteiger partial charge in [-0.05, 0) is 31.5 Å². The maximum atomic E-state index is 13.4. The number of para-hydroxylation sites is 1. The number of amides is 1. The van der Waals surface area contributed by atoms with Crippen LogP contribution in [0.3, 0.4) is 0 Å². The van der Waals surface area contributed by atoms with Gasteiger partial charge in [-0.2, -0.15) is 0 Å². The van der Waals surface area contributed by atoms with Crippen LogP contribution in [0.25, 0.3) is 0 Å². The summed E-state index contributed by atoms with van der Waals surface area (Å²) in [5.74, 6) is -0.191. The molecule has 26 heavy (non-hydrogen) atoms. The van der Waals surface area contributed by atoms with Gasteiger partial charge in [0.2, 0.25) is 0 Å². The second-order valence-electron chi connectivity index (χ2n) is 6.66. The molecule has 1 aliphatic rings. The van der Waals surface area contributed by atoms with E-state index >= 15 is 0 Å². The summed E-state index contributed by atoms with van der Waals surface area (Å²) in [5.41, 5.74) is 4.65. The number of benzene rings is 2. The molecule has 1 aromatic heterocycles. The standard InChI is InChI=1S/C22H20N2O2/c1-14-18(15(2)25)19-21(23(14)3)20(16-10-6-4-7-11-16)24(22(19)26)17-12-8-5-9-13-17/h4-13,20H,1-3H3. The van der Waals surface area contributed by atoms with E-state index in [9.17, 15) is 9.59 Å². The van der Waals surface area contributed by atoms with Crippen LogP contribution >= 0.6 is 0 Å². The van der Waals surface area contributed by atoms with E-state index in [2.05, 4.69) is 0 Å². The second kappa shape index (κ2) is 5.99. The maximum absolute atomic E-state index is 13.4. The summed E-state index contributed by atoms with van der Waals surface area (Å²) in [6.45, 7) is 3.43. The zero-order chi connectivity index (χ0) is 18.4. The highest BCUT2D eigenvalue weighted by molar-refractivity contribution is 6.18. The predicted octanol–water partition coefficient (Wildman–Crippen LogP) is 4.29. The number of carbonyl (C=O) groups is 2. The van der Waals surface area contributed by atoms with Gasteiger partial charge in [0.25, 0.3) is 5.91 Å². The highest BCUT2D eigenvalue weighted by Crippen LogP contribution is 2.44. The van der Waals surface area contributed by atoms with Gasteiger partial charge in [-0.15, -0.1) is 0 Å². The molecule has 3 aromatic rings. The van der Waals surface area contributed by atoms with Crippen molar-refractivity contribution in [1.82, 2.24) is 4.57 Å². The van der Waals surface area contributed by atoms with Crippen molar-refractivity contribution in [2.45, 2.75) is 19.9 Å². The van der Waals surface area contributed by atoms with Gasteiger partial charge in [0.15, 0.2) is 5.78 Å². The number of rotatable bonds is 3. The Kier molecular flexibility index (Phi) is 3.76. The molecule has 0 N–H and O–H groups in total. The quantitative estimate of drug-likeness (QED) is 0.665. The molecule has 0 aliphatic carbocycles. The average Bonchev–Trinajstić information content (AvgIpc) is 3.09. The Morgan fingerprint density at radius 3 is 2.12 bits per heavy atom. The van der Waals surface area contributed by atoms with Crippen LogP contribution in [0.15, 0.2) is 60.7 Å². The van der Waals surface area contributed by atoms with Crippen LogP contribution in [0.2, 0.25) is 0 Å². The summed E-state index contributed by atoms with van der Waals surface area (Å²) in [7, 11) is 1.93. The molecule has 0 radical (unpaired) electrons. The van der Waals surface area contributed by atoms with Gasteiger partial charge in [0.1, 0.15) is 6.04 Å². The number of hydrogen-bond donors (Lipinski definition) is 0. The minimum atomic E-state index is -0.252. The van der Waals surface area contributed by atoms with E-state index in [0.717, 1.165) is 22.6 Å². The van der Waals surface area contributed by atoms with Crippen molar-refractivity contribution in [2.24, 2.45) is 7.05 Å². The van der Waals surface area contributed by atoms with Crippen LogP contribution in [0.5, 0.6) is 0 Å². The molecule has 0 fully saturated rings. The summed E-state index contributed by atoms with van der Waals surface area (Å²) in [6.07, 6.45) is 0. The molecule has 1 atom stereocenters. The first-order valence-corrected chi connectivity index (χ1v) is 8.66. The van der Waals surface area contributed by atoms with Crippen molar-refractivity contribution in [2.75, 3.05) is 4.90 Å². The largest absolute Gasteiger partial charge is 0.348 e. The van der Waals surface area contributed by atoms with Crippen molar-refractivity contribution in [3.63, 3.8) is 0 Å². The van der Waals surface area contributed by atoms with Gasteiger partial charge in [-0.3, -0.25) is 14.5 Å². The van der Waals surface area contributed by atoms with Gasteiger partial charge in [0.05, 0.1) is 16.8 Å². The van der Waals surface area contributed by atoms with Crippen molar-refractivity contribution in [1.29, 1.82) is 0 Å². The summed E-state index contributed by atoms with van der Waals surface area (Å²) in [6, 6.07) is 19.3. The number of carbonyl (C=O) groups excluding carboxylic acids is 2. The zero-order valence-corrected chi connectivity index (χ0v) is 15.1. The van der Waals surface area contributed by atoms with Crippen molar-refractivity contribution in [3.8, 4) is 0 Å². The SMILES string of the molecule is CC(=O)c1c2c(n(C)c1C)C(c1ccccc1)N(c1ccccc1)C2=O. The lowest BCUT2D eigenvalue weighted by atomic mass is 10.0. The summed E-state index contributed by atoms with van der Waals surface area (Å²) >= 11 is 0. The van der Waals surface area contributed by atoms with Crippen molar-refractivity contribution >= 4 is 17.4 Å². The highest BCUT2D eigenvalue weighted by Gasteiger charge is 2.44. The third kappa shape index (κ3) is 2.22. The molecule has 1 amide bonds. The molecule has 0 saturated carbocycles. The van der Waals surface area contributed by atoms with Gasteiger partial charge in [0, 0.05) is 18.4 Å². The fourth-order valence-corrected chi connectivity index (χ4v) is 3.95. The average molecular weight is 344 g/mol. The first-order chi connectivity index (χ1) is 12.5. The number of Topliss-reactive ketones (excluding diaryl/α,β-unsaturated/α-hetero) is 1. The van der Waals surface area contributed by atoms with Crippen LogP contribution in [-0.2, 0) is 7.05 Å². The van der Waals surface area contributed by atoms with Crippen LogP contribution < -0.4 is 4.90 Å². The van der Waals surface area contributed by atoms with E-state index in [-0.39, 0.29) is 17.7 Å². The number of aromatic nitrogens is 1. The fraction of sp³-hybridized carbons (Fsp3) is 0.182. The molecule has 0 saturated heterocycles. The zero-order valence-electron chi connectivity index (χ0n) is 15.1. The first-order valence-electron chi connectivity index (χ1n) is 8.66. The number of fused-ring (bicyclic) bond motifs is 1. The molecule has 4 heteroatoms. The predicted molar refractivity (Wildman–Crippen MR) is 102 cm³/mol. The molecule has 0 bridgehead atoms. The lowest BCUT2D eigenvalue weighted by Crippen LogP contribution is -2.30. The molecular weight excluding hydrogens is 324 g/mol. The Morgan fingerprint density at radius 1 is 0.962 bits per heavy atom. The van der Waals surface area contributed by atoms with Crippen LogP contribution in [0.1, 0.15) is 50.6 Å². The van der Waals surface area contributed by atoms with E-state index in [1.54, 1.807) is 4.90 Å². The van der Waals surface area contributed by atoms with E-state index in [4.69, 9.17) is 0 Å². The van der Waals surface area contributed by atoms with Gasteiger partial charge in [-0.25, -0.2) is 0 Å². The Hall–Kier alpha value is -3.14. The van der Waals surface area contributed by atoms with Crippen LogP contribution in [-0.4, -0.2) is 16.3 Å². The number of nitrogens with zero attached hydrogens (tertiary/aromatic N) is 2. The topological polar surface area (TPSA) is 42.3 Å². The van der Waals surface area contributed by atoms with E-state index in [1.165, 1.54) is 6.92 Å². The Bertz CT molecular complexity index is 1000. The highest BCUT2D eigenvalue weighted by atomic mass is 16.2. The molecule has 2 aromatic carbocycles. The monoisotopic (exact) mass is 344 g/mol. The fourth-order valence-electron chi connectivity index (χ4n) is 3.95. The minimum absolute atomic E-state index is 0.0746. The summed E-state index contributed by atoms with van der Waals surface area (Å²) < 4.78 is 1.99. The third-order valence-electron chi connectivity index (χ3n) is 5.18. The molecule has 1 aliphatic heterocycles. The Labute approximate surface area is 152 Å². The number of hydrogen-bond acceptors (Lipinski definition) is 2. The lowest BCUT2D eigenvalue weighted by Gasteiger charge is -2.27.